The van der Waals surface area contributed by atoms with Crippen LogP contribution in [0.25, 0.3) is 0 Å². The fourth-order valence-electron chi connectivity index (χ4n) is 3.22. The van der Waals surface area contributed by atoms with Crippen LogP contribution in [0, 0.1) is 6.92 Å². The van der Waals surface area contributed by atoms with Gasteiger partial charge in [0.2, 0.25) is 5.95 Å². The molecule has 1 N–H and O–H groups in total. The van der Waals surface area contributed by atoms with Gasteiger partial charge in [-0.25, -0.2) is 4.98 Å². The average molecular weight is 395 g/mol. The molecule has 2 aromatic carbocycles. The second-order valence-corrected chi connectivity index (χ2v) is 7.24. The Hall–Kier alpha value is -2.40. The van der Waals surface area contributed by atoms with Gasteiger partial charge in [-0.15, -0.1) is 0 Å². The van der Waals surface area contributed by atoms with Gasteiger partial charge in [0.1, 0.15) is 5.82 Å². The van der Waals surface area contributed by atoms with Gasteiger partial charge in [0.15, 0.2) is 0 Å². The number of benzene rings is 2. The fraction of sp³-hybridized carbons (Fsp3) is 0.200. The number of nitrogens with one attached hydrogen (secondary N) is 1. The highest BCUT2D eigenvalue weighted by atomic mass is 79.9. The third kappa shape index (κ3) is 3.12. The van der Waals surface area contributed by atoms with Crippen LogP contribution < -0.4 is 10.2 Å². The molecule has 4 nitrogen and oxygen atoms in total. The lowest BCUT2D eigenvalue weighted by Gasteiger charge is -2.23. The Balaban J connectivity index is 1.65. The van der Waals surface area contributed by atoms with E-state index in [4.69, 9.17) is 4.98 Å². The van der Waals surface area contributed by atoms with Gasteiger partial charge < -0.3 is 10.2 Å². The maximum Gasteiger partial charge on any atom is 0.232 e. The molecular formula is C20H19BrN4. The number of rotatable bonds is 3. The van der Waals surface area contributed by atoms with Gasteiger partial charge in [-0.05, 0) is 55.7 Å². The van der Waals surface area contributed by atoms with E-state index < -0.39 is 0 Å². The smallest absolute Gasteiger partial charge is 0.232 e. The number of nitrogens with zero attached hydrogens (tertiary/aromatic N) is 3. The zero-order chi connectivity index (χ0) is 17.4. The van der Waals surface area contributed by atoms with E-state index in [9.17, 15) is 0 Å². The Labute approximate surface area is 156 Å². The minimum absolute atomic E-state index is 0.348. The Morgan fingerprint density at radius 1 is 1.16 bits per heavy atom. The summed E-state index contributed by atoms with van der Waals surface area (Å²) in [6, 6.07) is 16.9. The fourth-order valence-corrected chi connectivity index (χ4v) is 3.60. The molecule has 126 valence electrons. The van der Waals surface area contributed by atoms with Gasteiger partial charge in [0.25, 0.3) is 0 Å². The van der Waals surface area contributed by atoms with Gasteiger partial charge in [-0.2, -0.15) is 4.98 Å². The molecule has 2 heterocycles. The molecular weight excluding hydrogens is 376 g/mol. The van der Waals surface area contributed by atoms with E-state index in [1.807, 2.05) is 12.3 Å². The quantitative estimate of drug-likeness (QED) is 0.647. The highest BCUT2D eigenvalue weighted by Gasteiger charge is 2.28. The molecule has 0 amide bonds. The van der Waals surface area contributed by atoms with Crippen molar-refractivity contribution in [1.82, 2.24) is 9.97 Å². The number of hydrogen-bond acceptors (Lipinski definition) is 4. The summed E-state index contributed by atoms with van der Waals surface area (Å²) in [4.78, 5) is 11.5. The van der Waals surface area contributed by atoms with Crippen molar-refractivity contribution in [2.45, 2.75) is 26.3 Å². The summed E-state index contributed by atoms with van der Waals surface area (Å²) < 4.78 is 1.08. The molecule has 1 unspecified atom stereocenters. The van der Waals surface area contributed by atoms with Crippen LogP contribution in [0.5, 0.6) is 0 Å². The third-order valence-electron chi connectivity index (χ3n) is 4.51. The molecule has 0 radical (unpaired) electrons. The highest BCUT2D eigenvalue weighted by molar-refractivity contribution is 9.10. The molecule has 1 aliphatic rings. The second kappa shape index (κ2) is 6.48. The highest BCUT2D eigenvalue weighted by Crippen LogP contribution is 2.36. The first-order valence-electron chi connectivity index (χ1n) is 8.35. The number of hydrogen-bond donors (Lipinski definition) is 1. The Morgan fingerprint density at radius 3 is 2.84 bits per heavy atom. The molecule has 0 bridgehead atoms. The van der Waals surface area contributed by atoms with Gasteiger partial charge >= 0.3 is 0 Å². The summed E-state index contributed by atoms with van der Waals surface area (Å²) in [7, 11) is 0. The van der Waals surface area contributed by atoms with Crippen LogP contribution in [0.4, 0.5) is 23.1 Å². The number of halogens is 1. The van der Waals surface area contributed by atoms with E-state index in [-0.39, 0.29) is 0 Å². The number of anilines is 4. The van der Waals surface area contributed by atoms with E-state index in [0.717, 1.165) is 28.3 Å². The predicted molar refractivity (Wildman–Crippen MR) is 106 cm³/mol. The lowest BCUT2D eigenvalue weighted by Crippen LogP contribution is -2.25. The lowest BCUT2D eigenvalue weighted by molar-refractivity contribution is 0.740. The molecule has 5 heteroatoms. The molecule has 1 atom stereocenters. The number of aromatic nitrogens is 2. The third-order valence-corrected chi connectivity index (χ3v) is 5.36. The van der Waals surface area contributed by atoms with Crippen LogP contribution in [0.3, 0.4) is 0 Å². The normalized spacial score (nSPS) is 16.0. The lowest BCUT2D eigenvalue weighted by atomic mass is 10.1. The number of aryl methyl sites for hydroxylation is 1. The molecule has 0 saturated heterocycles. The minimum atomic E-state index is 0.348. The van der Waals surface area contributed by atoms with Crippen LogP contribution in [-0.4, -0.2) is 16.0 Å². The van der Waals surface area contributed by atoms with Crippen molar-refractivity contribution in [3.8, 4) is 0 Å². The molecule has 1 aromatic heterocycles. The molecule has 0 spiro atoms. The largest absolute Gasteiger partial charge is 0.340 e. The van der Waals surface area contributed by atoms with Gasteiger partial charge in [0.05, 0.1) is 0 Å². The second-order valence-electron chi connectivity index (χ2n) is 6.38. The van der Waals surface area contributed by atoms with Crippen molar-refractivity contribution >= 4 is 39.1 Å². The van der Waals surface area contributed by atoms with Crippen LogP contribution in [0.1, 0.15) is 18.1 Å². The van der Waals surface area contributed by atoms with E-state index in [1.54, 1.807) is 0 Å². The van der Waals surface area contributed by atoms with Crippen LogP contribution in [0.15, 0.2) is 59.2 Å². The van der Waals surface area contributed by atoms with Crippen LogP contribution in [0.2, 0.25) is 0 Å². The van der Waals surface area contributed by atoms with Crippen molar-refractivity contribution < 1.29 is 0 Å². The summed E-state index contributed by atoms with van der Waals surface area (Å²) in [6.45, 7) is 4.28. The minimum Gasteiger partial charge on any atom is -0.340 e. The van der Waals surface area contributed by atoms with E-state index >= 15 is 0 Å². The van der Waals surface area contributed by atoms with E-state index in [0.29, 0.717) is 6.04 Å². The molecule has 0 saturated carbocycles. The van der Waals surface area contributed by atoms with Gasteiger partial charge in [0, 0.05) is 28.1 Å². The van der Waals surface area contributed by atoms with E-state index in [1.165, 1.54) is 16.8 Å². The molecule has 25 heavy (non-hydrogen) atoms. The van der Waals surface area contributed by atoms with Crippen molar-refractivity contribution in [1.29, 1.82) is 0 Å². The van der Waals surface area contributed by atoms with Crippen molar-refractivity contribution in [2.75, 3.05) is 10.2 Å². The molecule has 0 aliphatic carbocycles. The summed E-state index contributed by atoms with van der Waals surface area (Å²) >= 11 is 3.57. The van der Waals surface area contributed by atoms with E-state index in [2.05, 4.69) is 87.4 Å². The van der Waals surface area contributed by atoms with Gasteiger partial charge in [-0.1, -0.05) is 40.2 Å². The summed E-state index contributed by atoms with van der Waals surface area (Å²) in [5.74, 6) is 1.52. The molecule has 4 rings (SSSR count). The maximum atomic E-state index is 4.74. The first-order chi connectivity index (χ1) is 12.1. The number of fused-ring (bicyclic) bond motifs is 1. The Morgan fingerprint density at radius 2 is 2.00 bits per heavy atom. The Bertz CT molecular complexity index is 925. The summed E-state index contributed by atoms with van der Waals surface area (Å²) in [5, 5.41) is 3.37. The average Bonchev–Trinajstić information content (AvgIpc) is 2.94. The monoisotopic (exact) mass is 394 g/mol. The maximum absolute atomic E-state index is 4.74. The first-order valence-corrected chi connectivity index (χ1v) is 9.14. The molecule has 1 aliphatic heterocycles. The molecule has 3 aromatic rings. The first kappa shape index (κ1) is 16.1. The van der Waals surface area contributed by atoms with Crippen molar-refractivity contribution in [3.63, 3.8) is 0 Å². The van der Waals surface area contributed by atoms with Crippen molar-refractivity contribution in [2.24, 2.45) is 0 Å². The summed E-state index contributed by atoms with van der Waals surface area (Å²) in [6.07, 6.45) is 2.82. The topological polar surface area (TPSA) is 41.1 Å². The zero-order valence-corrected chi connectivity index (χ0v) is 15.8. The van der Waals surface area contributed by atoms with Gasteiger partial charge in [-0.3, -0.25) is 0 Å². The van der Waals surface area contributed by atoms with Crippen LogP contribution >= 0.6 is 15.9 Å². The number of para-hydroxylation sites is 1. The predicted octanol–water partition coefficient (Wildman–Crippen LogP) is 5.37. The van der Waals surface area contributed by atoms with Crippen LogP contribution in [-0.2, 0) is 6.42 Å². The zero-order valence-electron chi connectivity index (χ0n) is 14.2. The van der Waals surface area contributed by atoms with Crippen molar-refractivity contribution in [3.05, 3.63) is 70.3 Å². The summed E-state index contributed by atoms with van der Waals surface area (Å²) in [5.41, 5.74) is 4.75. The SMILES string of the molecule is Cc1ccc(Nc2ccnc(N3c4ccccc4CC3C)n2)cc1Br. The standard InChI is InChI=1S/C20H19BrN4/c1-13-7-8-16(12-17(13)21)23-19-9-10-22-20(24-19)25-14(2)11-15-5-3-4-6-18(15)25/h3-10,12,14H,11H2,1-2H3,(H,22,23,24). The molecule has 0 fully saturated rings. The Kier molecular flexibility index (Phi) is 4.17.